The summed E-state index contributed by atoms with van der Waals surface area (Å²) >= 11 is 0. The van der Waals surface area contributed by atoms with E-state index in [-0.39, 0.29) is 0 Å². The van der Waals surface area contributed by atoms with Gasteiger partial charge in [-0.2, -0.15) is 0 Å². The van der Waals surface area contributed by atoms with Gasteiger partial charge in [0, 0.05) is 12.4 Å². The topological polar surface area (TPSA) is 58.1 Å². The molecule has 4 nitrogen and oxygen atoms in total. The minimum absolute atomic E-state index is 0.536. The van der Waals surface area contributed by atoms with Crippen LogP contribution in [0.1, 0.15) is 24.4 Å². The molecular formula is C12H14N2O2. The fourth-order valence-corrected chi connectivity index (χ4v) is 1.53. The Morgan fingerprint density at radius 3 is 3.06 bits per heavy atom. The van der Waals surface area contributed by atoms with E-state index in [0.717, 1.165) is 11.3 Å². The summed E-state index contributed by atoms with van der Waals surface area (Å²) in [5, 5.41) is 10.0. The second-order valence-corrected chi connectivity index (χ2v) is 3.38. The third-order valence-electron chi connectivity index (χ3n) is 2.26. The minimum Gasteiger partial charge on any atom is -0.494 e. The van der Waals surface area contributed by atoms with Crippen LogP contribution in [0.2, 0.25) is 0 Å². The van der Waals surface area contributed by atoms with Crippen LogP contribution < -0.4 is 4.74 Å². The molecule has 16 heavy (non-hydrogen) atoms. The van der Waals surface area contributed by atoms with Gasteiger partial charge >= 0.3 is 0 Å². The quantitative estimate of drug-likeness (QED) is 0.823. The van der Waals surface area contributed by atoms with Crippen LogP contribution in [0.5, 0.6) is 5.75 Å². The molecule has 1 aromatic carbocycles. The maximum absolute atomic E-state index is 10.0. The Labute approximate surface area is 93.9 Å². The van der Waals surface area contributed by atoms with Crippen molar-refractivity contribution in [2.45, 2.75) is 13.0 Å². The van der Waals surface area contributed by atoms with E-state index in [9.17, 15) is 5.11 Å². The average Bonchev–Trinajstić information content (AvgIpc) is 2.82. The smallest absolute Gasteiger partial charge is 0.139 e. The number of benzene rings is 1. The molecule has 1 aromatic heterocycles. The summed E-state index contributed by atoms with van der Waals surface area (Å²) in [6, 6.07) is 7.38. The van der Waals surface area contributed by atoms with Crippen molar-refractivity contribution in [3.8, 4) is 5.75 Å². The molecule has 2 aromatic rings. The summed E-state index contributed by atoms with van der Waals surface area (Å²) in [5.74, 6) is 1.29. The molecule has 1 unspecified atom stereocenters. The second-order valence-electron chi connectivity index (χ2n) is 3.38. The number of ether oxygens (including phenoxy) is 1. The number of aromatic nitrogens is 2. The maximum Gasteiger partial charge on any atom is 0.139 e. The minimum atomic E-state index is -0.740. The number of aliphatic hydroxyl groups is 1. The molecule has 0 saturated carbocycles. The predicted molar refractivity (Wildman–Crippen MR) is 60.3 cm³/mol. The Hall–Kier alpha value is -1.81. The van der Waals surface area contributed by atoms with Gasteiger partial charge in [0.25, 0.3) is 0 Å². The standard InChI is InChI=1S/C12H14N2O2/c1-2-16-10-5-3-4-9(8-10)11(15)12-13-6-7-14-12/h3-8,11,15H,2H2,1H3,(H,13,14). The number of H-pyrrole nitrogens is 1. The van der Waals surface area contributed by atoms with Gasteiger partial charge in [-0.3, -0.25) is 0 Å². The molecule has 1 atom stereocenters. The van der Waals surface area contributed by atoms with E-state index in [1.165, 1.54) is 0 Å². The lowest BCUT2D eigenvalue weighted by Gasteiger charge is -2.10. The van der Waals surface area contributed by atoms with Gasteiger partial charge in [0.05, 0.1) is 6.61 Å². The number of nitrogens with zero attached hydrogens (tertiary/aromatic N) is 1. The van der Waals surface area contributed by atoms with E-state index in [0.29, 0.717) is 12.4 Å². The molecule has 0 amide bonds. The lowest BCUT2D eigenvalue weighted by atomic mass is 10.1. The summed E-state index contributed by atoms with van der Waals surface area (Å²) in [4.78, 5) is 6.91. The van der Waals surface area contributed by atoms with Crippen LogP contribution in [-0.2, 0) is 0 Å². The van der Waals surface area contributed by atoms with E-state index in [1.807, 2.05) is 31.2 Å². The van der Waals surface area contributed by atoms with Crippen molar-refractivity contribution in [3.05, 3.63) is 48.0 Å². The fourth-order valence-electron chi connectivity index (χ4n) is 1.53. The van der Waals surface area contributed by atoms with Crippen LogP contribution in [0.4, 0.5) is 0 Å². The summed E-state index contributed by atoms with van der Waals surface area (Å²) in [6.45, 7) is 2.54. The maximum atomic E-state index is 10.0. The first-order valence-corrected chi connectivity index (χ1v) is 5.21. The largest absolute Gasteiger partial charge is 0.494 e. The first-order valence-electron chi connectivity index (χ1n) is 5.21. The van der Waals surface area contributed by atoms with Crippen LogP contribution in [0.25, 0.3) is 0 Å². The van der Waals surface area contributed by atoms with Crippen LogP contribution in [0.15, 0.2) is 36.7 Å². The Morgan fingerprint density at radius 1 is 1.50 bits per heavy atom. The number of nitrogens with one attached hydrogen (secondary N) is 1. The van der Waals surface area contributed by atoms with Crippen molar-refractivity contribution < 1.29 is 9.84 Å². The van der Waals surface area contributed by atoms with E-state index in [2.05, 4.69) is 9.97 Å². The van der Waals surface area contributed by atoms with Gasteiger partial charge in [-0.1, -0.05) is 12.1 Å². The molecule has 0 aliphatic heterocycles. The Bertz CT molecular complexity index is 440. The highest BCUT2D eigenvalue weighted by molar-refractivity contribution is 5.32. The zero-order chi connectivity index (χ0) is 11.4. The van der Waals surface area contributed by atoms with E-state index in [4.69, 9.17) is 4.74 Å². The first kappa shape index (κ1) is 10.7. The number of hydrogen-bond donors (Lipinski definition) is 2. The average molecular weight is 218 g/mol. The van der Waals surface area contributed by atoms with E-state index < -0.39 is 6.10 Å². The zero-order valence-electron chi connectivity index (χ0n) is 9.05. The van der Waals surface area contributed by atoms with Gasteiger partial charge in [0.15, 0.2) is 0 Å². The molecule has 0 saturated heterocycles. The number of hydrogen-bond acceptors (Lipinski definition) is 3. The van der Waals surface area contributed by atoms with Crippen molar-refractivity contribution in [1.82, 2.24) is 9.97 Å². The highest BCUT2D eigenvalue weighted by Crippen LogP contribution is 2.22. The SMILES string of the molecule is CCOc1cccc(C(O)c2ncc[nH]2)c1. The monoisotopic (exact) mass is 218 g/mol. The molecule has 0 aliphatic rings. The van der Waals surface area contributed by atoms with Crippen molar-refractivity contribution in [1.29, 1.82) is 0 Å². The molecule has 0 bridgehead atoms. The molecule has 2 N–H and O–H groups in total. The summed E-state index contributed by atoms with van der Waals surface area (Å²) in [6.07, 6.45) is 2.56. The van der Waals surface area contributed by atoms with E-state index in [1.54, 1.807) is 12.4 Å². The molecule has 0 spiro atoms. The predicted octanol–water partition coefficient (Wildman–Crippen LogP) is 1.89. The molecule has 4 heteroatoms. The highest BCUT2D eigenvalue weighted by atomic mass is 16.5. The highest BCUT2D eigenvalue weighted by Gasteiger charge is 2.12. The van der Waals surface area contributed by atoms with E-state index >= 15 is 0 Å². The Balaban J connectivity index is 2.23. The molecule has 0 aliphatic carbocycles. The third-order valence-corrected chi connectivity index (χ3v) is 2.26. The Kier molecular flexibility index (Phi) is 3.22. The van der Waals surface area contributed by atoms with Crippen LogP contribution >= 0.6 is 0 Å². The van der Waals surface area contributed by atoms with Crippen LogP contribution in [0, 0.1) is 0 Å². The number of aromatic amines is 1. The molecule has 2 rings (SSSR count). The van der Waals surface area contributed by atoms with Gasteiger partial charge < -0.3 is 14.8 Å². The normalized spacial score (nSPS) is 12.4. The number of imidazole rings is 1. The van der Waals surface area contributed by atoms with Crippen molar-refractivity contribution in [2.24, 2.45) is 0 Å². The first-order chi connectivity index (χ1) is 7.81. The third kappa shape index (κ3) is 2.23. The van der Waals surface area contributed by atoms with Crippen molar-refractivity contribution in [3.63, 3.8) is 0 Å². The van der Waals surface area contributed by atoms with Crippen molar-refractivity contribution >= 4 is 0 Å². The summed E-state index contributed by atoms with van der Waals surface area (Å²) < 4.78 is 5.37. The van der Waals surface area contributed by atoms with Gasteiger partial charge in [-0.25, -0.2) is 4.98 Å². The number of aliphatic hydroxyl groups excluding tert-OH is 1. The molecule has 0 fully saturated rings. The zero-order valence-corrected chi connectivity index (χ0v) is 9.05. The molecular weight excluding hydrogens is 204 g/mol. The molecule has 0 radical (unpaired) electrons. The van der Waals surface area contributed by atoms with Crippen molar-refractivity contribution in [2.75, 3.05) is 6.61 Å². The van der Waals surface area contributed by atoms with Gasteiger partial charge in [-0.05, 0) is 24.6 Å². The second kappa shape index (κ2) is 4.81. The summed E-state index contributed by atoms with van der Waals surface area (Å²) in [5.41, 5.74) is 0.765. The van der Waals surface area contributed by atoms with Crippen LogP contribution in [-0.4, -0.2) is 21.7 Å². The molecule has 84 valence electrons. The van der Waals surface area contributed by atoms with Gasteiger partial charge in [-0.15, -0.1) is 0 Å². The Morgan fingerprint density at radius 2 is 2.38 bits per heavy atom. The van der Waals surface area contributed by atoms with Gasteiger partial charge in [0.2, 0.25) is 0 Å². The summed E-state index contributed by atoms with van der Waals surface area (Å²) in [7, 11) is 0. The number of rotatable bonds is 4. The molecule has 1 heterocycles. The lowest BCUT2D eigenvalue weighted by Crippen LogP contribution is -2.02. The van der Waals surface area contributed by atoms with Crippen LogP contribution in [0.3, 0.4) is 0 Å². The fraction of sp³-hybridized carbons (Fsp3) is 0.250. The van der Waals surface area contributed by atoms with Gasteiger partial charge in [0.1, 0.15) is 17.7 Å². The lowest BCUT2D eigenvalue weighted by molar-refractivity contribution is 0.210.